The Morgan fingerprint density at radius 3 is 2.71 bits per heavy atom. The van der Waals surface area contributed by atoms with Crippen LogP contribution < -0.4 is 15.8 Å². The number of hydrogen-bond donors (Lipinski definition) is 2. The zero-order valence-electron chi connectivity index (χ0n) is 11.9. The van der Waals surface area contributed by atoms with E-state index in [0.29, 0.717) is 22.1 Å². The van der Waals surface area contributed by atoms with Crippen LogP contribution in [0, 0.1) is 13.8 Å². The number of amides is 1. The van der Waals surface area contributed by atoms with E-state index in [1.165, 1.54) is 0 Å². The minimum Gasteiger partial charge on any atom is -0.482 e. The molecule has 0 saturated heterocycles. The molecule has 0 aliphatic rings. The van der Waals surface area contributed by atoms with E-state index in [1.807, 2.05) is 26.0 Å². The molecule has 2 aromatic carbocycles. The normalized spacial score (nSPS) is 10.2. The van der Waals surface area contributed by atoms with Crippen molar-refractivity contribution < 1.29 is 9.53 Å². The number of nitrogen functional groups attached to an aromatic ring is 1. The van der Waals surface area contributed by atoms with Gasteiger partial charge in [-0.3, -0.25) is 4.79 Å². The van der Waals surface area contributed by atoms with Crippen LogP contribution in [0.5, 0.6) is 5.75 Å². The van der Waals surface area contributed by atoms with Gasteiger partial charge in [0.15, 0.2) is 6.61 Å². The molecule has 0 aliphatic heterocycles. The summed E-state index contributed by atoms with van der Waals surface area (Å²) >= 11 is 6.05. The van der Waals surface area contributed by atoms with Crippen molar-refractivity contribution in [2.75, 3.05) is 17.7 Å². The maximum Gasteiger partial charge on any atom is 0.262 e. The van der Waals surface area contributed by atoms with Crippen molar-refractivity contribution in [1.29, 1.82) is 0 Å². The van der Waals surface area contributed by atoms with E-state index in [1.54, 1.807) is 24.3 Å². The molecule has 5 heteroatoms. The SMILES string of the molecule is Cc1ccc(OCC(=O)Nc2cc(N)ccc2C)c(Cl)c1. The molecular formula is C16H17ClN2O2. The fraction of sp³-hybridized carbons (Fsp3) is 0.188. The molecule has 2 aromatic rings. The second-order valence-corrected chi connectivity index (χ2v) is 5.25. The largest absolute Gasteiger partial charge is 0.482 e. The number of nitrogens with two attached hydrogens (primary N) is 1. The number of aryl methyl sites for hydroxylation is 2. The van der Waals surface area contributed by atoms with Gasteiger partial charge in [-0.25, -0.2) is 0 Å². The Morgan fingerprint density at radius 2 is 2.00 bits per heavy atom. The van der Waals surface area contributed by atoms with Crippen LogP contribution in [0.4, 0.5) is 11.4 Å². The molecule has 0 radical (unpaired) electrons. The highest BCUT2D eigenvalue weighted by Crippen LogP contribution is 2.25. The predicted molar refractivity (Wildman–Crippen MR) is 85.9 cm³/mol. The number of carbonyl (C=O) groups is 1. The molecule has 0 saturated carbocycles. The van der Waals surface area contributed by atoms with Gasteiger partial charge in [0, 0.05) is 11.4 Å². The third-order valence-electron chi connectivity index (χ3n) is 2.98. The lowest BCUT2D eigenvalue weighted by atomic mass is 10.2. The highest BCUT2D eigenvalue weighted by Gasteiger charge is 2.08. The van der Waals surface area contributed by atoms with Gasteiger partial charge in [0.25, 0.3) is 5.91 Å². The number of nitrogens with one attached hydrogen (secondary N) is 1. The topological polar surface area (TPSA) is 64.3 Å². The lowest BCUT2D eigenvalue weighted by Crippen LogP contribution is -2.20. The third-order valence-corrected chi connectivity index (χ3v) is 3.28. The van der Waals surface area contributed by atoms with Crippen LogP contribution in [0.3, 0.4) is 0 Å². The summed E-state index contributed by atoms with van der Waals surface area (Å²) in [6.45, 7) is 3.72. The van der Waals surface area contributed by atoms with Crippen LogP contribution in [0.25, 0.3) is 0 Å². The molecule has 2 rings (SSSR count). The zero-order chi connectivity index (χ0) is 15.4. The van der Waals surface area contributed by atoms with Gasteiger partial charge in [0.2, 0.25) is 0 Å². The standard InChI is InChI=1S/C16H17ClN2O2/c1-10-3-6-15(13(17)7-10)21-9-16(20)19-14-8-12(18)5-4-11(14)2/h3-8H,9,18H2,1-2H3,(H,19,20). The fourth-order valence-electron chi connectivity index (χ4n) is 1.83. The monoisotopic (exact) mass is 304 g/mol. The number of carbonyl (C=O) groups excluding carboxylic acids is 1. The number of rotatable bonds is 4. The van der Waals surface area contributed by atoms with E-state index in [2.05, 4.69) is 5.32 Å². The Morgan fingerprint density at radius 1 is 1.24 bits per heavy atom. The summed E-state index contributed by atoms with van der Waals surface area (Å²) in [7, 11) is 0. The molecule has 3 N–H and O–H groups in total. The molecule has 1 amide bonds. The van der Waals surface area contributed by atoms with Crippen molar-refractivity contribution in [3.05, 3.63) is 52.5 Å². The van der Waals surface area contributed by atoms with E-state index in [-0.39, 0.29) is 12.5 Å². The molecular weight excluding hydrogens is 288 g/mol. The van der Waals surface area contributed by atoms with Crippen LogP contribution >= 0.6 is 11.6 Å². The van der Waals surface area contributed by atoms with E-state index < -0.39 is 0 Å². The number of ether oxygens (including phenoxy) is 1. The van der Waals surface area contributed by atoms with E-state index in [4.69, 9.17) is 22.1 Å². The number of anilines is 2. The van der Waals surface area contributed by atoms with Gasteiger partial charge in [-0.05, 0) is 49.2 Å². The van der Waals surface area contributed by atoms with Crippen LogP contribution in [-0.2, 0) is 4.79 Å². The molecule has 21 heavy (non-hydrogen) atoms. The van der Waals surface area contributed by atoms with Crippen molar-refractivity contribution in [2.24, 2.45) is 0 Å². The zero-order valence-corrected chi connectivity index (χ0v) is 12.7. The Balaban J connectivity index is 1.97. The minimum atomic E-state index is -0.264. The van der Waals surface area contributed by atoms with Crippen LogP contribution in [0.15, 0.2) is 36.4 Å². The van der Waals surface area contributed by atoms with Crippen LogP contribution in [0.2, 0.25) is 5.02 Å². The van der Waals surface area contributed by atoms with Gasteiger partial charge in [-0.1, -0.05) is 23.7 Å². The molecule has 4 nitrogen and oxygen atoms in total. The Bertz CT molecular complexity index is 671. The van der Waals surface area contributed by atoms with Crippen LogP contribution in [0.1, 0.15) is 11.1 Å². The molecule has 0 fully saturated rings. The van der Waals surface area contributed by atoms with Gasteiger partial charge in [-0.2, -0.15) is 0 Å². The van der Waals surface area contributed by atoms with Gasteiger partial charge in [0.1, 0.15) is 5.75 Å². The summed E-state index contributed by atoms with van der Waals surface area (Å²) in [6.07, 6.45) is 0. The molecule has 0 aromatic heterocycles. The fourth-order valence-corrected chi connectivity index (χ4v) is 2.12. The first-order chi connectivity index (χ1) is 9.95. The third kappa shape index (κ3) is 4.13. The minimum absolute atomic E-state index is 0.114. The highest BCUT2D eigenvalue weighted by molar-refractivity contribution is 6.32. The molecule has 110 valence electrons. The molecule has 0 bridgehead atoms. The average Bonchev–Trinajstić information content (AvgIpc) is 2.42. The van der Waals surface area contributed by atoms with Crippen molar-refractivity contribution in [3.8, 4) is 5.75 Å². The highest BCUT2D eigenvalue weighted by atomic mass is 35.5. The van der Waals surface area contributed by atoms with Crippen LogP contribution in [-0.4, -0.2) is 12.5 Å². The van der Waals surface area contributed by atoms with E-state index in [9.17, 15) is 4.79 Å². The Hall–Kier alpha value is -2.20. The quantitative estimate of drug-likeness (QED) is 0.849. The van der Waals surface area contributed by atoms with Gasteiger partial charge >= 0.3 is 0 Å². The summed E-state index contributed by atoms with van der Waals surface area (Å²) in [5.41, 5.74) is 8.95. The summed E-state index contributed by atoms with van der Waals surface area (Å²) in [6, 6.07) is 10.8. The second-order valence-electron chi connectivity index (χ2n) is 4.85. The van der Waals surface area contributed by atoms with Gasteiger partial charge in [0.05, 0.1) is 5.02 Å². The predicted octanol–water partition coefficient (Wildman–Crippen LogP) is 3.56. The number of halogens is 1. The first-order valence-electron chi connectivity index (χ1n) is 6.50. The van der Waals surface area contributed by atoms with Crippen molar-refractivity contribution in [3.63, 3.8) is 0 Å². The Labute approximate surface area is 128 Å². The summed E-state index contributed by atoms with van der Waals surface area (Å²) < 4.78 is 5.42. The summed E-state index contributed by atoms with van der Waals surface area (Å²) in [5.74, 6) is 0.224. The van der Waals surface area contributed by atoms with E-state index in [0.717, 1.165) is 11.1 Å². The molecule has 0 spiro atoms. The Kier molecular flexibility index (Phi) is 4.70. The maximum atomic E-state index is 11.9. The average molecular weight is 305 g/mol. The van der Waals surface area contributed by atoms with E-state index >= 15 is 0 Å². The lowest BCUT2D eigenvalue weighted by molar-refractivity contribution is -0.118. The van der Waals surface area contributed by atoms with Crippen molar-refractivity contribution in [2.45, 2.75) is 13.8 Å². The van der Waals surface area contributed by atoms with Crippen molar-refractivity contribution in [1.82, 2.24) is 0 Å². The molecule has 0 unspecified atom stereocenters. The lowest BCUT2D eigenvalue weighted by Gasteiger charge is -2.11. The molecule has 0 atom stereocenters. The first-order valence-corrected chi connectivity index (χ1v) is 6.88. The van der Waals surface area contributed by atoms with Gasteiger partial charge in [-0.15, -0.1) is 0 Å². The number of hydrogen-bond acceptors (Lipinski definition) is 3. The van der Waals surface area contributed by atoms with Crippen molar-refractivity contribution >= 4 is 28.9 Å². The summed E-state index contributed by atoms with van der Waals surface area (Å²) in [4.78, 5) is 11.9. The van der Waals surface area contributed by atoms with Gasteiger partial charge < -0.3 is 15.8 Å². The first kappa shape index (κ1) is 15.2. The second kappa shape index (κ2) is 6.50. The molecule has 0 heterocycles. The maximum absolute atomic E-state index is 11.9. The smallest absolute Gasteiger partial charge is 0.262 e. The molecule has 0 aliphatic carbocycles. The summed E-state index contributed by atoms with van der Waals surface area (Å²) in [5, 5.41) is 3.25. The number of benzene rings is 2.